The Labute approximate surface area is 113 Å². The second-order valence-electron chi connectivity index (χ2n) is 4.15. The first-order valence-corrected chi connectivity index (χ1v) is 6.78. The molecule has 2 rings (SSSR count). The molecule has 0 aliphatic carbocycles. The monoisotopic (exact) mass is 263 g/mol. The smallest absolute Gasteiger partial charge is 0.140 e. The fraction of sp³-hybridized carbons (Fsp3) is 0.429. The Kier molecular flexibility index (Phi) is 4.02. The summed E-state index contributed by atoms with van der Waals surface area (Å²) in [6, 6.07) is 5.81. The molecule has 4 heteroatoms. The Morgan fingerprint density at radius 1 is 1.11 bits per heavy atom. The maximum atomic E-state index is 6.04. The van der Waals surface area contributed by atoms with E-state index >= 15 is 0 Å². The van der Waals surface area contributed by atoms with E-state index in [4.69, 9.17) is 11.6 Å². The molecule has 3 nitrogen and oxygen atoms in total. The van der Waals surface area contributed by atoms with E-state index in [2.05, 4.69) is 35.6 Å². The average Bonchev–Trinajstić information content (AvgIpc) is 2.39. The Balaban J connectivity index is 2.69. The van der Waals surface area contributed by atoms with Gasteiger partial charge in [-0.1, -0.05) is 18.5 Å². The van der Waals surface area contributed by atoms with Crippen LogP contribution in [0.5, 0.6) is 0 Å². The summed E-state index contributed by atoms with van der Waals surface area (Å²) >= 11 is 6.04. The highest BCUT2D eigenvalue weighted by atomic mass is 35.5. The van der Waals surface area contributed by atoms with Crippen LogP contribution in [0.15, 0.2) is 18.2 Å². The molecule has 0 aliphatic rings. The molecular formula is C14H18ClN3. The second-order valence-corrected chi connectivity index (χ2v) is 4.59. The van der Waals surface area contributed by atoms with Gasteiger partial charge in [0.2, 0.25) is 0 Å². The molecule has 0 spiro atoms. The maximum absolute atomic E-state index is 6.04. The molecule has 0 N–H and O–H groups in total. The van der Waals surface area contributed by atoms with E-state index in [9.17, 15) is 0 Å². The van der Waals surface area contributed by atoms with Crippen molar-refractivity contribution in [3.8, 4) is 0 Å². The van der Waals surface area contributed by atoms with Gasteiger partial charge in [-0.2, -0.15) is 0 Å². The zero-order valence-electron chi connectivity index (χ0n) is 11.1. The molecular weight excluding hydrogens is 246 g/mol. The summed E-state index contributed by atoms with van der Waals surface area (Å²) in [5.74, 6) is 1.88. The average molecular weight is 264 g/mol. The van der Waals surface area contributed by atoms with Crippen LogP contribution in [-0.2, 0) is 6.42 Å². The van der Waals surface area contributed by atoms with Crippen LogP contribution in [0, 0.1) is 0 Å². The van der Waals surface area contributed by atoms with E-state index in [0.717, 1.165) is 42.1 Å². The molecule has 0 saturated heterocycles. The van der Waals surface area contributed by atoms with Gasteiger partial charge in [-0.3, -0.25) is 0 Å². The van der Waals surface area contributed by atoms with E-state index in [1.165, 1.54) is 0 Å². The lowest BCUT2D eigenvalue weighted by Gasteiger charge is -2.22. The first-order valence-electron chi connectivity index (χ1n) is 6.40. The summed E-state index contributed by atoms with van der Waals surface area (Å²) in [4.78, 5) is 11.5. The molecule has 0 saturated carbocycles. The number of benzene rings is 1. The molecule has 0 fully saturated rings. The minimum Gasteiger partial charge on any atom is -0.357 e. The summed E-state index contributed by atoms with van der Waals surface area (Å²) in [5, 5.41) is 1.79. The molecule has 0 radical (unpaired) electrons. The summed E-state index contributed by atoms with van der Waals surface area (Å²) < 4.78 is 0. The predicted octanol–water partition coefficient (Wildman–Crippen LogP) is 3.69. The molecule has 18 heavy (non-hydrogen) atoms. The molecule has 1 aromatic carbocycles. The van der Waals surface area contributed by atoms with E-state index < -0.39 is 0 Å². The highest BCUT2D eigenvalue weighted by Gasteiger charge is 2.11. The van der Waals surface area contributed by atoms with E-state index in [0.29, 0.717) is 5.02 Å². The van der Waals surface area contributed by atoms with Gasteiger partial charge < -0.3 is 4.90 Å². The maximum Gasteiger partial charge on any atom is 0.140 e. The molecule has 2 aromatic rings. The summed E-state index contributed by atoms with van der Waals surface area (Å²) in [6.45, 7) is 8.22. The highest BCUT2D eigenvalue weighted by Crippen LogP contribution is 2.26. The number of hydrogen-bond donors (Lipinski definition) is 0. The zero-order valence-corrected chi connectivity index (χ0v) is 11.8. The molecule has 0 bridgehead atoms. The molecule has 0 amide bonds. The fourth-order valence-electron chi connectivity index (χ4n) is 2.06. The quantitative estimate of drug-likeness (QED) is 0.842. The van der Waals surface area contributed by atoms with Gasteiger partial charge in [0.25, 0.3) is 0 Å². The van der Waals surface area contributed by atoms with Crippen molar-refractivity contribution >= 4 is 28.3 Å². The fourth-order valence-corrected chi connectivity index (χ4v) is 2.22. The Morgan fingerprint density at radius 3 is 2.44 bits per heavy atom. The summed E-state index contributed by atoms with van der Waals surface area (Å²) in [6.07, 6.45) is 0.830. The number of fused-ring (bicyclic) bond motifs is 1. The van der Waals surface area contributed by atoms with Gasteiger partial charge in [-0.05, 0) is 32.0 Å². The SMILES string of the molecule is CCc1nc(N(CC)CC)c2ccc(Cl)cc2n1. The van der Waals surface area contributed by atoms with E-state index in [1.54, 1.807) is 0 Å². The van der Waals surface area contributed by atoms with Gasteiger partial charge in [0, 0.05) is 29.9 Å². The van der Waals surface area contributed by atoms with Crippen LogP contribution in [0.3, 0.4) is 0 Å². The van der Waals surface area contributed by atoms with Crippen molar-refractivity contribution < 1.29 is 0 Å². The van der Waals surface area contributed by atoms with Gasteiger partial charge >= 0.3 is 0 Å². The first kappa shape index (κ1) is 13.1. The van der Waals surface area contributed by atoms with Crippen LogP contribution in [0.4, 0.5) is 5.82 Å². The van der Waals surface area contributed by atoms with Crippen LogP contribution in [0.25, 0.3) is 10.9 Å². The number of halogens is 1. The molecule has 0 aliphatic heterocycles. The highest BCUT2D eigenvalue weighted by molar-refractivity contribution is 6.31. The summed E-state index contributed by atoms with van der Waals surface area (Å²) in [7, 11) is 0. The molecule has 96 valence electrons. The number of nitrogens with zero attached hydrogens (tertiary/aromatic N) is 3. The number of hydrogen-bond acceptors (Lipinski definition) is 3. The second kappa shape index (κ2) is 5.53. The van der Waals surface area contributed by atoms with Crippen LogP contribution in [0.1, 0.15) is 26.6 Å². The van der Waals surface area contributed by atoms with Crippen molar-refractivity contribution in [2.45, 2.75) is 27.2 Å². The minimum absolute atomic E-state index is 0.716. The van der Waals surface area contributed by atoms with Crippen molar-refractivity contribution in [1.29, 1.82) is 0 Å². The molecule has 1 aromatic heterocycles. The Morgan fingerprint density at radius 2 is 1.83 bits per heavy atom. The molecule has 1 heterocycles. The largest absolute Gasteiger partial charge is 0.357 e. The predicted molar refractivity (Wildman–Crippen MR) is 77.5 cm³/mol. The van der Waals surface area contributed by atoms with Gasteiger partial charge in [0.15, 0.2) is 0 Å². The third-order valence-corrected chi connectivity index (χ3v) is 3.30. The van der Waals surface area contributed by atoms with Crippen molar-refractivity contribution in [2.24, 2.45) is 0 Å². The summed E-state index contributed by atoms with van der Waals surface area (Å²) in [5.41, 5.74) is 0.927. The third kappa shape index (κ3) is 2.41. The number of anilines is 1. The van der Waals surface area contributed by atoms with Gasteiger partial charge in [0.1, 0.15) is 11.6 Å². The van der Waals surface area contributed by atoms with Crippen molar-refractivity contribution in [3.63, 3.8) is 0 Å². The molecule has 0 unspecified atom stereocenters. The van der Waals surface area contributed by atoms with Crippen LogP contribution in [0.2, 0.25) is 5.02 Å². The number of aromatic nitrogens is 2. The molecule has 0 atom stereocenters. The number of aryl methyl sites for hydroxylation is 1. The third-order valence-electron chi connectivity index (χ3n) is 3.06. The lowest BCUT2D eigenvalue weighted by Crippen LogP contribution is -2.24. The van der Waals surface area contributed by atoms with Gasteiger partial charge in [0.05, 0.1) is 5.52 Å². The van der Waals surface area contributed by atoms with Crippen LogP contribution in [-0.4, -0.2) is 23.1 Å². The van der Waals surface area contributed by atoms with Gasteiger partial charge in [-0.15, -0.1) is 0 Å². The minimum atomic E-state index is 0.716. The number of rotatable bonds is 4. The van der Waals surface area contributed by atoms with E-state index in [1.807, 2.05) is 18.2 Å². The van der Waals surface area contributed by atoms with E-state index in [-0.39, 0.29) is 0 Å². The van der Waals surface area contributed by atoms with Gasteiger partial charge in [-0.25, -0.2) is 9.97 Å². The Bertz CT molecular complexity index is 550. The first-order chi connectivity index (χ1) is 8.69. The zero-order chi connectivity index (χ0) is 13.1. The lowest BCUT2D eigenvalue weighted by molar-refractivity contribution is 0.833. The van der Waals surface area contributed by atoms with Crippen molar-refractivity contribution in [1.82, 2.24) is 9.97 Å². The van der Waals surface area contributed by atoms with Crippen molar-refractivity contribution in [3.05, 3.63) is 29.0 Å². The van der Waals surface area contributed by atoms with Crippen LogP contribution >= 0.6 is 11.6 Å². The van der Waals surface area contributed by atoms with Crippen LogP contribution < -0.4 is 4.90 Å². The normalized spacial score (nSPS) is 10.9. The Hall–Kier alpha value is -1.35. The topological polar surface area (TPSA) is 29.0 Å². The standard InChI is InChI=1S/C14H18ClN3/c1-4-13-16-12-9-10(15)7-8-11(12)14(17-13)18(5-2)6-3/h7-9H,4-6H2,1-3H3. The lowest BCUT2D eigenvalue weighted by atomic mass is 10.2. The van der Waals surface area contributed by atoms with Crippen molar-refractivity contribution in [2.75, 3.05) is 18.0 Å².